The van der Waals surface area contributed by atoms with E-state index in [0.29, 0.717) is 6.61 Å². The molecule has 2 aromatic rings. The molecule has 0 aliphatic rings. The Morgan fingerprint density at radius 2 is 2.00 bits per heavy atom. The van der Waals surface area contributed by atoms with E-state index in [2.05, 4.69) is 11.9 Å². The third kappa shape index (κ3) is 4.04. The summed E-state index contributed by atoms with van der Waals surface area (Å²) in [5, 5.41) is 9.87. The number of aryl methyl sites for hydroxylation is 1. The molecule has 0 radical (unpaired) electrons. The van der Waals surface area contributed by atoms with Gasteiger partial charge < -0.3 is 9.84 Å². The Morgan fingerprint density at radius 3 is 2.57 bits per heavy atom. The summed E-state index contributed by atoms with van der Waals surface area (Å²) in [6.45, 7) is 4.66. The maximum atomic E-state index is 10.9. The average Bonchev–Trinajstić information content (AvgIpc) is 2.83. The van der Waals surface area contributed by atoms with Crippen molar-refractivity contribution in [1.29, 1.82) is 0 Å². The molecule has 1 heterocycles. The Bertz CT molecular complexity index is 604. The summed E-state index contributed by atoms with van der Waals surface area (Å²) < 4.78 is 5.42. The van der Waals surface area contributed by atoms with Crippen LogP contribution in [0.3, 0.4) is 0 Å². The predicted octanol–water partition coefficient (Wildman–Crippen LogP) is 3.79. The molecule has 0 saturated carbocycles. The number of nitrogens with zero attached hydrogens (tertiary/aromatic N) is 1. The number of benzene rings is 1. The minimum atomic E-state index is -0.811. The van der Waals surface area contributed by atoms with E-state index in [1.165, 1.54) is 11.3 Å². The molecule has 1 N–H and O–H groups in total. The first-order chi connectivity index (χ1) is 10.1. The van der Waals surface area contributed by atoms with Gasteiger partial charge in [0.15, 0.2) is 0 Å². The Labute approximate surface area is 128 Å². The molecule has 112 valence electrons. The zero-order chi connectivity index (χ0) is 15.2. The molecule has 1 aromatic carbocycles. The highest BCUT2D eigenvalue weighted by atomic mass is 32.1. The Kier molecular flexibility index (Phi) is 5.33. The predicted molar refractivity (Wildman–Crippen MR) is 84.1 cm³/mol. The number of aromatic nitrogens is 1. The monoisotopic (exact) mass is 305 g/mol. The molecule has 0 spiro atoms. The van der Waals surface area contributed by atoms with Crippen LogP contribution in [-0.2, 0) is 17.6 Å². The van der Waals surface area contributed by atoms with Crippen molar-refractivity contribution in [1.82, 2.24) is 4.98 Å². The van der Waals surface area contributed by atoms with Crippen LogP contribution < -0.4 is 4.74 Å². The van der Waals surface area contributed by atoms with E-state index in [0.717, 1.165) is 39.7 Å². The largest absolute Gasteiger partial charge is 0.494 e. The summed E-state index contributed by atoms with van der Waals surface area (Å²) in [5.41, 5.74) is 1.91. The lowest BCUT2D eigenvalue weighted by Gasteiger charge is -2.02. The second kappa shape index (κ2) is 7.22. The van der Waals surface area contributed by atoms with Crippen LogP contribution in [0.2, 0.25) is 0 Å². The van der Waals surface area contributed by atoms with Crippen LogP contribution in [0, 0.1) is 0 Å². The highest BCUT2D eigenvalue weighted by molar-refractivity contribution is 7.15. The van der Waals surface area contributed by atoms with Crippen molar-refractivity contribution in [3.63, 3.8) is 0 Å². The molecule has 0 fully saturated rings. The van der Waals surface area contributed by atoms with Gasteiger partial charge in [-0.15, -0.1) is 11.3 Å². The fourth-order valence-corrected chi connectivity index (χ4v) is 3.18. The van der Waals surface area contributed by atoms with Crippen molar-refractivity contribution >= 4 is 17.3 Å². The van der Waals surface area contributed by atoms with E-state index < -0.39 is 5.97 Å². The minimum Gasteiger partial charge on any atom is -0.494 e. The number of carboxylic acid groups (broad SMARTS) is 1. The third-order valence-corrected chi connectivity index (χ3v) is 4.14. The van der Waals surface area contributed by atoms with Crippen LogP contribution in [0.25, 0.3) is 10.6 Å². The Balaban J connectivity index is 2.28. The number of ether oxygens (including phenoxy) is 1. The number of aliphatic carboxylic acids is 1. The zero-order valence-electron chi connectivity index (χ0n) is 12.3. The summed E-state index contributed by atoms with van der Waals surface area (Å²) in [6, 6.07) is 7.75. The van der Waals surface area contributed by atoms with E-state index in [9.17, 15) is 4.79 Å². The lowest BCUT2D eigenvalue weighted by Crippen LogP contribution is -2.01. The fourth-order valence-electron chi connectivity index (χ4n) is 2.07. The third-order valence-electron chi connectivity index (χ3n) is 2.99. The van der Waals surface area contributed by atoms with Crippen LogP contribution in [0.5, 0.6) is 5.75 Å². The van der Waals surface area contributed by atoms with Crippen molar-refractivity contribution in [3.05, 3.63) is 34.8 Å². The molecule has 5 heteroatoms. The van der Waals surface area contributed by atoms with Crippen molar-refractivity contribution in [2.75, 3.05) is 6.61 Å². The van der Waals surface area contributed by atoms with E-state index in [4.69, 9.17) is 9.84 Å². The highest BCUT2D eigenvalue weighted by Crippen LogP contribution is 2.30. The van der Waals surface area contributed by atoms with Gasteiger partial charge in [0.25, 0.3) is 0 Å². The molecule has 0 atom stereocenters. The standard InChI is InChI=1S/C16H19NO3S/c1-3-5-13-14(10-15(18)19)21-16(17-13)11-6-8-12(9-7-11)20-4-2/h6-9H,3-5,10H2,1-2H3,(H,18,19). The minimum absolute atomic E-state index is 0.0457. The van der Waals surface area contributed by atoms with Gasteiger partial charge in [-0.3, -0.25) is 4.79 Å². The number of rotatable bonds is 7. The van der Waals surface area contributed by atoms with Gasteiger partial charge in [0.2, 0.25) is 0 Å². The molecular formula is C16H19NO3S. The molecule has 21 heavy (non-hydrogen) atoms. The second-order valence-corrected chi connectivity index (χ2v) is 5.75. The maximum absolute atomic E-state index is 10.9. The van der Waals surface area contributed by atoms with E-state index in [-0.39, 0.29) is 6.42 Å². The van der Waals surface area contributed by atoms with Crippen LogP contribution >= 0.6 is 11.3 Å². The average molecular weight is 305 g/mol. The molecule has 0 bridgehead atoms. The number of hydrogen-bond acceptors (Lipinski definition) is 4. The topological polar surface area (TPSA) is 59.4 Å². The molecule has 1 aromatic heterocycles. The summed E-state index contributed by atoms with van der Waals surface area (Å²) in [4.78, 5) is 16.4. The molecule has 0 aliphatic carbocycles. The molecule has 0 amide bonds. The molecule has 0 unspecified atom stereocenters. The highest BCUT2D eigenvalue weighted by Gasteiger charge is 2.14. The Hall–Kier alpha value is -1.88. The van der Waals surface area contributed by atoms with Crippen molar-refractivity contribution < 1.29 is 14.6 Å². The maximum Gasteiger partial charge on any atom is 0.308 e. The van der Waals surface area contributed by atoms with Crippen molar-refractivity contribution in [3.8, 4) is 16.3 Å². The fraction of sp³-hybridized carbons (Fsp3) is 0.375. The van der Waals surface area contributed by atoms with E-state index in [1.807, 2.05) is 31.2 Å². The summed E-state index contributed by atoms with van der Waals surface area (Å²) in [7, 11) is 0. The zero-order valence-corrected chi connectivity index (χ0v) is 13.1. The van der Waals surface area contributed by atoms with Crippen LogP contribution in [0.1, 0.15) is 30.8 Å². The number of thiazole rings is 1. The molecule has 0 aliphatic heterocycles. The van der Waals surface area contributed by atoms with Crippen LogP contribution in [-0.4, -0.2) is 22.7 Å². The van der Waals surface area contributed by atoms with E-state index in [1.54, 1.807) is 0 Å². The summed E-state index contributed by atoms with van der Waals surface area (Å²) in [5.74, 6) is 0.0200. The van der Waals surface area contributed by atoms with Gasteiger partial charge in [-0.2, -0.15) is 0 Å². The first-order valence-corrected chi connectivity index (χ1v) is 7.89. The van der Waals surface area contributed by atoms with Gasteiger partial charge >= 0.3 is 5.97 Å². The van der Waals surface area contributed by atoms with Crippen LogP contribution in [0.4, 0.5) is 0 Å². The smallest absolute Gasteiger partial charge is 0.308 e. The number of carbonyl (C=O) groups is 1. The normalized spacial score (nSPS) is 10.6. The molecule has 2 rings (SSSR count). The lowest BCUT2D eigenvalue weighted by atomic mass is 10.2. The van der Waals surface area contributed by atoms with Gasteiger partial charge in [0.05, 0.1) is 18.7 Å². The lowest BCUT2D eigenvalue weighted by molar-refractivity contribution is -0.136. The van der Waals surface area contributed by atoms with Crippen LogP contribution in [0.15, 0.2) is 24.3 Å². The van der Waals surface area contributed by atoms with E-state index >= 15 is 0 Å². The first-order valence-electron chi connectivity index (χ1n) is 7.07. The molecular weight excluding hydrogens is 286 g/mol. The van der Waals surface area contributed by atoms with Gasteiger partial charge in [-0.1, -0.05) is 13.3 Å². The SMILES string of the molecule is CCCc1nc(-c2ccc(OCC)cc2)sc1CC(=O)O. The quantitative estimate of drug-likeness (QED) is 0.845. The molecule has 4 nitrogen and oxygen atoms in total. The Morgan fingerprint density at radius 1 is 1.29 bits per heavy atom. The van der Waals surface area contributed by atoms with Crippen molar-refractivity contribution in [2.24, 2.45) is 0 Å². The second-order valence-electron chi connectivity index (χ2n) is 4.67. The molecule has 0 saturated heterocycles. The number of carboxylic acids is 1. The summed E-state index contributed by atoms with van der Waals surface area (Å²) in [6.07, 6.45) is 1.82. The first kappa shape index (κ1) is 15.5. The van der Waals surface area contributed by atoms with Gasteiger partial charge in [0, 0.05) is 10.4 Å². The number of hydrogen-bond donors (Lipinski definition) is 1. The van der Waals surface area contributed by atoms with Gasteiger partial charge in [0.1, 0.15) is 10.8 Å². The van der Waals surface area contributed by atoms with Gasteiger partial charge in [-0.25, -0.2) is 4.98 Å². The van der Waals surface area contributed by atoms with Crippen molar-refractivity contribution in [2.45, 2.75) is 33.1 Å². The summed E-state index contributed by atoms with van der Waals surface area (Å²) >= 11 is 1.47. The van der Waals surface area contributed by atoms with Gasteiger partial charge in [-0.05, 0) is 37.6 Å².